The molecular weight excluding hydrogens is 374 g/mol. The van der Waals surface area contributed by atoms with E-state index in [-0.39, 0.29) is 11.5 Å². The zero-order chi connectivity index (χ0) is 21.3. The van der Waals surface area contributed by atoms with Gasteiger partial charge in [-0.3, -0.25) is 0 Å². The Morgan fingerprint density at radius 2 is 1.60 bits per heavy atom. The minimum Gasteiger partial charge on any atom is -0.508 e. The first-order chi connectivity index (χ1) is 14.4. The predicted octanol–water partition coefficient (Wildman–Crippen LogP) is 4.77. The summed E-state index contributed by atoms with van der Waals surface area (Å²) in [6.45, 7) is 3.86. The van der Waals surface area contributed by atoms with Crippen LogP contribution in [-0.4, -0.2) is 48.5 Å². The van der Waals surface area contributed by atoms with Crippen molar-refractivity contribution in [2.24, 2.45) is 11.3 Å². The lowest BCUT2D eigenvalue weighted by Gasteiger charge is -2.47. The van der Waals surface area contributed by atoms with Gasteiger partial charge in [0.15, 0.2) is 0 Å². The van der Waals surface area contributed by atoms with Crippen LogP contribution in [0.4, 0.5) is 0 Å². The Balaban J connectivity index is 1.59. The van der Waals surface area contributed by atoms with Crippen molar-refractivity contribution in [1.82, 2.24) is 4.90 Å². The number of fused-ring (bicyclic) bond motifs is 1. The Kier molecular flexibility index (Phi) is 6.08. The highest BCUT2D eigenvalue weighted by Gasteiger charge is 2.52. The van der Waals surface area contributed by atoms with Gasteiger partial charge in [0.2, 0.25) is 0 Å². The van der Waals surface area contributed by atoms with Crippen molar-refractivity contribution in [3.8, 4) is 11.5 Å². The van der Waals surface area contributed by atoms with E-state index < -0.39 is 0 Å². The number of aliphatic hydroxyl groups is 1. The lowest BCUT2D eigenvalue weighted by molar-refractivity contribution is 0.000544. The molecule has 0 aromatic heterocycles. The Morgan fingerprint density at radius 3 is 2.27 bits per heavy atom. The Morgan fingerprint density at radius 1 is 0.967 bits per heavy atom. The highest BCUT2D eigenvalue weighted by molar-refractivity contribution is 5.36. The summed E-state index contributed by atoms with van der Waals surface area (Å²) in [5.74, 6) is 2.51. The van der Waals surface area contributed by atoms with Gasteiger partial charge in [0, 0.05) is 6.54 Å². The molecule has 2 aromatic carbocycles. The smallest absolute Gasteiger partial charge is 0.119 e. The molecule has 2 saturated carbocycles. The van der Waals surface area contributed by atoms with Crippen molar-refractivity contribution in [1.29, 1.82) is 0 Å². The molecule has 0 aliphatic heterocycles. The van der Waals surface area contributed by atoms with E-state index in [0.29, 0.717) is 30.1 Å². The second kappa shape index (κ2) is 8.60. The summed E-state index contributed by atoms with van der Waals surface area (Å²) in [6, 6.07) is 16.3. The van der Waals surface area contributed by atoms with Crippen LogP contribution < -0.4 is 4.74 Å². The minimum atomic E-state index is -0.209. The second-order valence-electron chi connectivity index (χ2n) is 9.76. The number of hydrogen-bond donors (Lipinski definition) is 2. The van der Waals surface area contributed by atoms with Crippen LogP contribution in [-0.2, 0) is 0 Å². The van der Waals surface area contributed by atoms with E-state index in [2.05, 4.69) is 48.2 Å². The molecule has 5 atom stereocenters. The molecule has 0 spiro atoms. The molecule has 0 bridgehead atoms. The van der Waals surface area contributed by atoms with E-state index in [9.17, 15) is 10.2 Å². The number of aromatic hydroxyl groups is 1. The number of rotatable bonds is 6. The predicted molar refractivity (Wildman–Crippen MR) is 120 cm³/mol. The third kappa shape index (κ3) is 4.21. The van der Waals surface area contributed by atoms with Crippen molar-refractivity contribution >= 4 is 0 Å². The summed E-state index contributed by atoms with van der Waals surface area (Å²) < 4.78 is 5.88. The molecule has 0 radical (unpaired) electrons. The van der Waals surface area contributed by atoms with Gasteiger partial charge in [0.1, 0.15) is 18.1 Å². The van der Waals surface area contributed by atoms with E-state index >= 15 is 0 Å². The zero-order valence-electron chi connectivity index (χ0n) is 18.4. The van der Waals surface area contributed by atoms with E-state index in [1.165, 1.54) is 11.1 Å². The van der Waals surface area contributed by atoms with E-state index in [1.54, 1.807) is 12.1 Å². The maximum Gasteiger partial charge on any atom is 0.119 e. The third-order valence-electron chi connectivity index (χ3n) is 7.60. The van der Waals surface area contributed by atoms with Gasteiger partial charge >= 0.3 is 0 Å². The van der Waals surface area contributed by atoms with Crippen LogP contribution in [0.25, 0.3) is 0 Å². The summed E-state index contributed by atoms with van der Waals surface area (Å²) in [5.41, 5.74) is 2.58. The molecule has 30 heavy (non-hydrogen) atoms. The fourth-order valence-electron chi connectivity index (χ4n) is 5.66. The molecule has 2 N–H and O–H groups in total. The van der Waals surface area contributed by atoms with E-state index in [4.69, 9.17) is 4.74 Å². The first kappa shape index (κ1) is 21.2. The molecule has 2 fully saturated rings. The summed E-state index contributed by atoms with van der Waals surface area (Å²) in [7, 11) is 4.09. The fraction of sp³-hybridized carbons (Fsp3) is 0.538. The van der Waals surface area contributed by atoms with Crippen molar-refractivity contribution in [3.63, 3.8) is 0 Å². The standard InChI is InChI=1S/C26H35NO3/c1-26-17-24(19-6-11-22(12-7-19)30-15-14-27(2)3)23(16-20(26)8-13-25(26)29)18-4-9-21(28)10-5-18/h4-7,9-12,20,23-25,28-29H,8,13-17H2,1-3H3/t20-,23?,24?,25-,26?/m0/s1. The van der Waals surface area contributed by atoms with Crippen LogP contribution in [0.5, 0.6) is 11.5 Å². The molecule has 2 aliphatic carbocycles. The second-order valence-corrected chi connectivity index (χ2v) is 9.76. The number of aliphatic hydroxyl groups excluding tert-OH is 1. The number of benzene rings is 2. The first-order valence-corrected chi connectivity index (χ1v) is 11.2. The van der Waals surface area contributed by atoms with Crippen LogP contribution >= 0.6 is 0 Å². The van der Waals surface area contributed by atoms with Gasteiger partial charge in [0.25, 0.3) is 0 Å². The summed E-state index contributed by atoms with van der Waals surface area (Å²) in [6.07, 6.45) is 3.89. The van der Waals surface area contributed by atoms with Gasteiger partial charge in [-0.25, -0.2) is 0 Å². The molecular formula is C26H35NO3. The Labute approximate surface area is 180 Å². The lowest BCUT2D eigenvalue weighted by atomic mass is 9.58. The Bertz CT molecular complexity index is 832. The third-order valence-corrected chi connectivity index (χ3v) is 7.60. The molecule has 4 nitrogen and oxygen atoms in total. The average molecular weight is 410 g/mol. The topological polar surface area (TPSA) is 52.9 Å². The number of likely N-dealkylation sites (N-methyl/N-ethyl adjacent to an activating group) is 1. The monoisotopic (exact) mass is 409 g/mol. The summed E-state index contributed by atoms with van der Waals surface area (Å²) >= 11 is 0. The maximum atomic E-state index is 10.8. The molecule has 4 rings (SSSR count). The molecule has 2 aliphatic rings. The first-order valence-electron chi connectivity index (χ1n) is 11.2. The van der Waals surface area contributed by atoms with Crippen molar-refractivity contribution in [2.45, 2.75) is 50.5 Å². The van der Waals surface area contributed by atoms with Gasteiger partial charge in [0.05, 0.1) is 6.10 Å². The number of nitrogens with zero attached hydrogens (tertiary/aromatic N) is 1. The van der Waals surface area contributed by atoms with Crippen molar-refractivity contribution < 1.29 is 14.9 Å². The normalized spacial score (nSPS) is 31.0. The van der Waals surface area contributed by atoms with Crippen LogP contribution in [0.1, 0.15) is 55.6 Å². The fourth-order valence-corrected chi connectivity index (χ4v) is 5.66. The summed E-state index contributed by atoms with van der Waals surface area (Å²) in [4.78, 5) is 2.11. The van der Waals surface area contributed by atoms with Gasteiger partial charge < -0.3 is 19.8 Å². The molecule has 0 saturated heterocycles. The molecule has 0 heterocycles. The van der Waals surface area contributed by atoms with Crippen molar-refractivity contribution in [3.05, 3.63) is 59.7 Å². The van der Waals surface area contributed by atoms with Gasteiger partial charge in [-0.15, -0.1) is 0 Å². The SMILES string of the molecule is CN(C)CCOc1ccc(C2CC3(C)[C@@H](CC[C@@H]3O)CC2c2ccc(O)cc2)cc1. The maximum absolute atomic E-state index is 10.8. The number of phenols is 1. The van der Waals surface area contributed by atoms with Gasteiger partial charge in [-0.2, -0.15) is 0 Å². The number of hydrogen-bond acceptors (Lipinski definition) is 4. The largest absolute Gasteiger partial charge is 0.508 e. The minimum absolute atomic E-state index is 0.0149. The Hall–Kier alpha value is -2.04. The van der Waals surface area contributed by atoms with Crippen LogP contribution in [0.15, 0.2) is 48.5 Å². The van der Waals surface area contributed by atoms with E-state index in [0.717, 1.165) is 38.0 Å². The molecule has 0 amide bonds. The van der Waals surface area contributed by atoms with Crippen molar-refractivity contribution in [2.75, 3.05) is 27.2 Å². The van der Waals surface area contributed by atoms with Crippen LogP contribution in [0.2, 0.25) is 0 Å². The zero-order valence-corrected chi connectivity index (χ0v) is 18.4. The van der Waals surface area contributed by atoms with Gasteiger partial charge in [-0.1, -0.05) is 31.2 Å². The highest BCUT2D eigenvalue weighted by atomic mass is 16.5. The van der Waals surface area contributed by atoms with Crippen LogP contribution in [0, 0.1) is 11.3 Å². The van der Waals surface area contributed by atoms with Crippen LogP contribution in [0.3, 0.4) is 0 Å². The molecule has 162 valence electrons. The average Bonchev–Trinajstić information content (AvgIpc) is 3.02. The molecule has 3 unspecified atom stereocenters. The summed E-state index contributed by atoms with van der Waals surface area (Å²) in [5, 5.41) is 20.5. The highest BCUT2D eigenvalue weighted by Crippen LogP contribution is 2.60. The molecule has 2 aromatic rings. The lowest BCUT2D eigenvalue weighted by Crippen LogP contribution is -2.40. The van der Waals surface area contributed by atoms with E-state index in [1.807, 2.05) is 14.1 Å². The number of phenolic OH excluding ortho intramolecular Hbond substituents is 1. The molecule has 4 heteroatoms. The number of ether oxygens (including phenoxy) is 1. The quantitative estimate of drug-likeness (QED) is 0.722. The van der Waals surface area contributed by atoms with Gasteiger partial charge in [-0.05, 0) is 98.3 Å².